The van der Waals surface area contributed by atoms with Gasteiger partial charge in [0.2, 0.25) is 0 Å². The lowest BCUT2D eigenvalue weighted by Gasteiger charge is -2.17. The molecule has 0 bridgehead atoms. The van der Waals surface area contributed by atoms with Crippen molar-refractivity contribution in [3.05, 3.63) is 29.8 Å². The Bertz CT molecular complexity index is 469. The van der Waals surface area contributed by atoms with Gasteiger partial charge in [-0.05, 0) is 36.3 Å². The zero-order valence-electron chi connectivity index (χ0n) is 12.1. The van der Waals surface area contributed by atoms with E-state index in [4.69, 9.17) is 4.74 Å². The van der Waals surface area contributed by atoms with Gasteiger partial charge in [0.05, 0.1) is 19.6 Å². The predicted octanol–water partition coefficient (Wildman–Crippen LogP) is 3.57. The van der Waals surface area contributed by atoms with Gasteiger partial charge in [0, 0.05) is 10.6 Å². The van der Waals surface area contributed by atoms with E-state index >= 15 is 0 Å². The molecule has 1 aromatic rings. The van der Waals surface area contributed by atoms with E-state index in [1.165, 1.54) is 7.11 Å². The Kier molecular flexibility index (Phi) is 5.11. The van der Waals surface area contributed by atoms with E-state index in [9.17, 15) is 9.90 Å². The molecule has 0 radical (unpaired) electrons. The molecule has 0 spiro atoms. The molecule has 110 valence electrons. The third-order valence-electron chi connectivity index (χ3n) is 3.90. The van der Waals surface area contributed by atoms with E-state index in [2.05, 4.69) is 0 Å². The van der Waals surface area contributed by atoms with Crippen LogP contribution < -0.4 is 0 Å². The molecule has 3 nitrogen and oxygen atoms in total. The second kappa shape index (κ2) is 6.64. The van der Waals surface area contributed by atoms with Crippen LogP contribution in [0.1, 0.15) is 44.3 Å². The number of benzene rings is 1. The van der Waals surface area contributed by atoms with Crippen molar-refractivity contribution in [3.8, 4) is 0 Å². The molecule has 1 aliphatic rings. The van der Waals surface area contributed by atoms with Crippen LogP contribution >= 0.6 is 11.8 Å². The SMILES string of the molecule is CC[C@@H](O)c1ccccc1SCC1(CC(=O)OC)CC1. The van der Waals surface area contributed by atoms with Crippen LogP contribution in [0.4, 0.5) is 0 Å². The number of carbonyl (C=O) groups is 1. The molecule has 1 fully saturated rings. The Labute approximate surface area is 124 Å². The minimum Gasteiger partial charge on any atom is -0.469 e. The number of hydrogen-bond donors (Lipinski definition) is 1. The Morgan fingerprint density at radius 3 is 2.75 bits per heavy atom. The fourth-order valence-corrected chi connectivity index (χ4v) is 3.66. The molecule has 0 amide bonds. The van der Waals surface area contributed by atoms with Gasteiger partial charge in [-0.15, -0.1) is 11.8 Å². The summed E-state index contributed by atoms with van der Waals surface area (Å²) in [7, 11) is 1.44. The number of ether oxygens (including phenoxy) is 1. The zero-order chi connectivity index (χ0) is 14.6. The van der Waals surface area contributed by atoms with Crippen LogP contribution in [0.15, 0.2) is 29.2 Å². The largest absolute Gasteiger partial charge is 0.469 e. The Balaban J connectivity index is 1.99. The van der Waals surface area contributed by atoms with E-state index in [0.29, 0.717) is 12.8 Å². The second-order valence-electron chi connectivity index (χ2n) is 5.50. The third-order valence-corrected chi connectivity index (χ3v) is 5.34. The summed E-state index contributed by atoms with van der Waals surface area (Å²) in [6, 6.07) is 7.98. The quantitative estimate of drug-likeness (QED) is 0.617. The second-order valence-corrected chi connectivity index (χ2v) is 6.52. The summed E-state index contributed by atoms with van der Waals surface area (Å²) in [5.74, 6) is 0.792. The van der Waals surface area contributed by atoms with Crippen molar-refractivity contribution in [2.45, 2.75) is 43.6 Å². The normalized spacial score (nSPS) is 17.6. The summed E-state index contributed by atoms with van der Waals surface area (Å²) < 4.78 is 4.77. The van der Waals surface area contributed by atoms with Crippen LogP contribution in [0, 0.1) is 5.41 Å². The Hall–Kier alpha value is -1.00. The first-order valence-corrected chi connectivity index (χ1v) is 8.05. The van der Waals surface area contributed by atoms with E-state index in [0.717, 1.165) is 29.1 Å². The van der Waals surface area contributed by atoms with Gasteiger partial charge in [0.15, 0.2) is 0 Å². The highest BCUT2D eigenvalue weighted by Crippen LogP contribution is 2.52. The van der Waals surface area contributed by atoms with Gasteiger partial charge in [0.25, 0.3) is 0 Å². The Morgan fingerprint density at radius 2 is 2.15 bits per heavy atom. The molecule has 2 rings (SSSR count). The maximum absolute atomic E-state index is 11.4. The van der Waals surface area contributed by atoms with Gasteiger partial charge in [-0.2, -0.15) is 0 Å². The molecule has 0 saturated heterocycles. The van der Waals surface area contributed by atoms with Crippen LogP contribution in [0.3, 0.4) is 0 Å². The molecule has 1 aliphatic carbocycles. The minimum absolute atomic E-state index is 0.113. The van der Waals surface area contributed by atoms with Crippen LogP contribution in [-0.2, 0) is 9.53 Å². The maximum Gasteiger partial charge on any atom is 0.306 e. The number of methoxy groups -OCH3 is 1. The number of hydrogen-bond acceptors (Lipinski definition) is 4. The topological polar surface area (TPSA) is 46.5 Å². The highest BCUT2D eigenvalue weighted by Gasteiger charge is 2.44. The average molecular weight is 294 g/mol. The van der Waals surface area contributed by atoms with Gasteiger partial charge in [-0.3, -0.25) is 4.79 Å². The molecular formula is C16H22O3S. The van der Waals surface area contributed by atoms with Crippen LogP contribution in [0.5, 0.6) is 0 Å². The highest BCUT2D eigenvalue weighted by atomic mass is 32.2. The number of aliphatic hydroxyl groups is 1. The van der Waals surface area contributed by atoms with Crippen molar-refractivity contribution < 1.29 is 14.6 Å². The van der Waals surface area contributed by atoms with E-state index in [1.54, 1.807) is 11.8 Å². The predicted molar refractivity (Wildman–Crippen MR) is 80.7 cm³/mol. The molecule has 0 aliphatic heterocycles. The molecule has 1 N–H and O–H groups in total. The van der Waals surface area contributed by atoms with Crippen molar-refractivity contribution in [3.63, 3.8) is 0 Å². The zero-order valence-corrected chi connectivity index (χ0v) is 12.9. The molecule has 0 aromatic heterocycles. The molecule has 1 saturated carbocycles. The minimum atomic E-state index is -0.408. The van der Waals surface area contributed by atoms with Crippen LogP contribution in [-0.4, -0.2) is 23.9 Å². The number of rotatable bonds is 7. The van der Waals surface area contributed by atoms with E-state index in [1.807, 2.05) is 31.2 Å². The maximum atomic E-state index is 11.4. The summed E-state index contributed by atoms with van der Waals surface area (Å²) in [5.41, 5.74) is 1.11. The number of aliphatic hydroxyl groups excluding tert-OH is 1. The lowest BCUT2D eigenvalue weighted by molar-refractivity contribution is -0.141. The lowest BCUT2D eigenvalue weighted by atomic mass is 10.1. The fraction of sp³-hybridized carbons (Fsp3) is 0.562. The fourth-order valence-electron chi connectivity index (χ4n) is 2.27. The van der Waals surface area contributed by atoms with Gasteiger partial charge < -0.3 is 9.84 Å². The molecule has 20 heavy (non-hydrogen) atoms. The van der Waals surface area contributed by atoms with Gasteiger partial charge in [0.1, 0.15) is 0 Å². The standard InChI is InChI=1S/C16H22O3S/c1-3-13(17)12-6-4-5-7-14(12)20-11-16(8-9-16)10-15(18)19-2/h4-7,13,17H,3,8-11H2,1-2H3/t13-/m1/s1. The first kappa shape index (κ1) is 15.4. The van der Waals surface area contributed by atoms with Crippen molar-refractivity contribution in [2.75, 3.05) is 12.9 Å². The molecule has 1 atom stereocenters. The van der Waals surface area contributed by atoms with Gasteiger partial charge in [-0.1, -0.05) is 25.1 Å². The van der Waals surface area contributed by atoms with E-state index < -0.39 is 6.10 Å². The van der Waals surface area contributed by atoms with Crippen LogP contribution in [0.25, 0.3) is 0 Å². The van der Waals surface area contributed by atoms with Crippen LogP contribution in [0.2, 0.25) is 0 Å². The van der Waals surface area contributed by atoms with Gasteiger partial charge in [-0.25, -0.2) is 0 Å². The smallest absolute Gasteiger partial charge is 0.306 e. The monoisotopic (exact) mass is 294 g/mol. The first-order valence-electron chi connectivity index (χ1n) is 7.07. The first-order chi connectivity index (χ1) is 9.60. The molecular weight excluding hydrogens is 272 g/mol. The molecule has 0 unspecified atom stereocenters. The third kappa shape index (κ3) is 3.76. The molecule has 0 heterocycles. The van der Waals surface area contributed by atoms with Crippen molar-refractivity contribution in [1.82, 2.24) is 0 Å². The summed E-state index contributed by atoms with van der Waals surface area (Å²) >= 11 is 1.74. The average Bonchev–Trinajstić information content (AvgIpc) is 3.24. The Morgan fingerprint density at radius 1 is 1.45 bits per heavy atom. The highest BCUT2D eigenvalue weighted by molar-refractivity contribution is 7.99. The molecule has 1 aromatic carbocycles. The summed E-state index contributed by atoms with van der Waals surface area (Å²) in [6.45, 7) is 1.98. The number of thioether (sulfide) groups is 1. The van der Waals surface area contributed by atoms with E-state index in [-0.39, 0.29) is 11.4 Å². The number of carbonyl (C=O) groups excluding carboxylic acids is 1. The van der Waals surface area contributed by atoms with Gasteiger partial charge >= 0.3 is 5.97 Å². The summed E-state index contributed by atoms with van der Waals surface area (Å²) in [5, 5.41) is 10.1. The van der Waals surface area contributed by atoms with Crippen molar-refractivity contribution in [2.24, 2.45) is 5.41 Å². The summed E-state index contributed by atoms with van der Waals surface area (Å²) in [6.07, 6.45) is 3.00. The summed E-state index contributed by atoms with van der Waals surface area (Å²) in [4.78, 5) is 12.6. The lowest BCUT2D eigenvalue weighted by Crippen LogP contribution is -2.13. The number of esters is 1. The molecule has 4 heteroatoms. The van der Waals surface area contributed by atoms with Crippen molar-refractivity contribution >= 4 is 17.7 Å². The van der Waals surface area contributed by atoms with Crippen molar-refractivity contribution in [1.29, 1.82) is 0 Å².